The maximum atomic E-state index is 12.4. The molecule has 4 rings (SSSR count). The number of fused-ring (bicyclic) bond motifs is 1. The predicted octanol–water partition coefficient (Wildman–Crippen LogP) is 5.61. The first kappa shape index (κ1) is 26.0. The highest BCUT2D eigenvalue weighted by molar-refractivity contribution is 7.98. The number of nitro groups is 1. The Morgan fingerprint density at radius 1 is 1.14 bits per heavy atom. The number of nitrogens with zero attached hydrogens (tertiary/aromatic N) is 4. The Morgan fingerprint density at radius 3 is 2.57 bits per heavy atom. The van der Waals surface area contributed by atoms with Crippen molar-refractivity contribution in [3.63, 3.8) is 0 Å². The van der Waals surface area contributed by atoms with E-state index in [2.05, 4.69) is 20.2 Å². The van der Waals surface area contributed by atoms with Crippen LogP contribution in [0.4, 0.5) is 16.2 Å². The molecule has 10 nitrogen and oxygen atoms in total. The third kappa shape index (κ3) is 6.56. The second-order valence-corrected chi connectivity index (χ2v) is 10.4. The molecule has 0 aliphatic heterocycles. The zero-order valence-corrected chi connectivity index (χ0v) is 21.8. The lowest BCUT2D eigenvalue weighted by atomic mass is 10.1. The van der Waals surface area contributed by atoms with Gasteiger partial charge in [-0.25, -0.2) is 9.78 Å². The Kier molecular flexibility index (Phi) is 7.63. The monoisotopic (exact) mass is 520 g/mol. The summed E-state index contributed by atoms with van der Waals surface area (Å²) in [5.41, 5.74) is 3.63. The standard InChI is InChI=1S/C26H28N6O4S/c1-26(2,3)30-24(33)28-19-5-7-22-21(14-19)29-25(31(22)15-17-9-11-27-12-10-17)37-16-18-13-20(32(34)35)6-8-23(18)36-4/h5-14H,15-16H2,1-4H3,(H2,28,30,33). The smallest absolute Gasteiger partial charge is 0.319 e. The number of aromatic nitrogens is 3. The number of carbonyl (C=O) groups is 1. The van der Waals surface area contributed by atoms with Crippen LogP contribution in [0.1, 0.15) is 31.9 Å². The number of nitro benzene ring substituents is 1. The van der Waals surface area contributed by atoms with Crippen LogP contribution in [-0.4, -0.2) is 38.1 Å². The lowest BCUT2D eigenvalue weighted by Crippen LogP contribution is -2.43. The Bertz CT molecular complexity index is 1430. The van der Waals surface area contributed by atoms with E-state index in [1.807, 2.05) is 51.1 Å². The van der Waals surface area contributed by atoms with Gasteiger partial charge in [-0.05, 0) is 62.7 Å². The van der Waals surface area contributed by atoms with Gasteiger partial charge in [-0.2, -0.15) is 0 Å². The van der Waals surface area contributed by atoms with Gasteiger partial charge in [0.15, 0.2) is 5.16 Å². The van der Waals surface area contributed by atoms with Crippen molar-refractivity contribution in [2.24, 2.45) is 0 Å². The molecule has 0 saturated heterocycles. The molecular weight excluding hydrogens is 492 g/mol. The average molecular weight is 521 g/mol. The summed E-state index contributed by atoms with van der Waals surface area (Å²) in [6.07, 6.45) is 3.48. The highest BCUT2D eigenvalue weighted by Crippen LogP contribution is 2.33. The Labute approximate surface area is 218 Å². The molecule has 2 aromatic carbocycles. The molecule has 0 bridgehead atoms. The summed E-state index contributed by atoms with van der Waals surface area (Å²) in [4.78, 5) is 32.2. The highest BCUT2D eigenvalue weighted by Gasteiger charge is 2.18. The number of thioether (sulfide) groups is 1. The number of methoxy groups -OCH3 is 1. The van der Waals surface area contributed by atoms with Crippen molar-refractivity contribution in [3.05, 3.63) is 82.2 Å². The van der Waals surface area contributed by atoms with Crippen molar-refractivity contribution < 1.29 is 14.5 Å². The highest BCUT2D eigenvalue weighted by atomic mass is 32.2. The number of urea groups is 1. The largest absolute Gasteiger partial charge is 0.496 e. The fourth-order valence-corrected chi connectivity index (χ4v) is 4.75. The predicted molar refractivity (Wildman–Crippen MR) is 144 cm³/mol. The number of carbonyl (C=O) groups excluding carboxylic acids is 1. The van der Waals surface area contributed by atoms with Crippen molar-refractivity contribution in [2.45, 2.75) is 43.8 Å². The van der Waals surface area contributed by atoms with Crippen molar-refractivity contribution in [3.8, 4) is 5.75 Å². The average Bonchev–Trinajstić information content (AvgIpc) is 3.18. The van der Waals surface area contributed by atoms with E-state index in [-0.39, 0.29) is 17.3 Å². The maximum Gasteiger partial charge on any atom is 0.319 e. The van der Waals surface area contributed by atoms with E-state index in [0.717, 1.165) is 21.8 Å². The van der Waals surface area contributed by atoms with Gasteiger partial charge in [0.2, 0.25) is 0 Å². The number of amides is 2. The van der Waals surface area contributed by atoms with Gasteiger partial charge in [0.05, 0.1) is 29.6 Å². The Morgan fingerprint density at radius 2 is 1.89 bits per heavy atom. The van der Waals surface area contributed by atoms with E-state index < -0.39 is 4.92 Å². The molecule has 0 atom stereocenters. The number of rotatable bonds is 8. The number of hydrogen-bond donors (Lipinski definition) is 2. The summed E-state index contributed by atoms with van der Waals surface area (Å²) in [6, 6.07) is 13.7. The van der Waals surface area contributed by atoms with E-state index in [1.165, 1.54) is 23.9 Å². The van der Waals surface area contributed by atoms with Crippen LogP contribution in [0, 0.1) is 10.1 Å². The number of ether oxygens (including phenoxy) is 1. The lowest BCUT2D eigenvalue weighted by molar-refractivity contribution is -0.384. The van der Waals surface area contributed by atoms with Crippen molar-refractivity contribution in [1.82, 2.24) is 19.9 Å². The van der Waals surface area contributed by atoms with Crippen LogP contribution in [0.15, 0.2) is 66.1 Å². The van der Waals surface area contributed by atoms with Crippen LogP contribution in [0.2, 0.25) is 0 Å². The SMILES string of the molecule is COc1ccc([N+](=O)[O-])cc1CSc1nc2cc(NC(=O)NC(C)(C)C)ccc2n1Cc1ccncc1. The molecule has 11 heteroatoms. The van der Waals surface area contributed by atoms with Gasteiger partial charge in [0.1, 0.15) is 5.75 Å². The Hall–Kier alpha value is -4.12. The fourth-order valence-electron chi connectivity index (χ4n) is 3.76. The molecule has 2 N–H and O–H groups in total. The second kappa shape index (κ2) is 10.9. The topological polar surface area (TPSA) is 124 Å². The van der Waals surface area contributed by atoms with E-state index in [0.29, 0.717) is 29.3 Å². The van der Waals surface area contributed by atoms with Crippen molar-refractivity contribution >= 4 is 40.2 Å². The van der Waals surface area contributed by atoms with Crippen LogP contribution in [0.5, 0.6) is 5.75 Å². The number of benzene rings is 2. The molecule has 0 unspecified atom stereocenters. The van der Waals surface area contributed by atoms with Crippen LogP contribution in [0.25, 0.3) is 11.0 Å². The van der Waals surface area contributed by atoms with E-state index in [1.54, 1.807) is 25.6 Å². The minimum atomic E-state index is -0.420. The molecule has 0 radical (unpaired) electrons. The zero-order chi connectivity index (χ0) is 26.6. The molecule has 0 saturated carbocycles. The van der Waals surface area contributed by atoms with E-state index in [4.69, 9.17) is 9.72 Å². The van der Waals surface area contributed by atoms with Gasteiger partial charge in [-0.3, -0.25) is 15.1 Å². The molecule has 192 valence electrons. The van der Waals surface area contributed by atoms with Crippen LogP contribution in [-0.2, 0) is 12.3 Å². The number of pyridine rings is 1. The Balaban J connectivity index is 1.67. The summed E-state index contributed by atoms with van der Waals surface area (Å²) in [5.74, 6) is 0.995. The number of non-ortho nitro benzene ring substituents is 1. The molecule has 2 heterocycles. The van der Waals surface area contributed by atoms with E-state index in [9.17, 15) is 14.9 Å². The summed E-state index contributed by atoms with van der Waals surface area (Å²) >= 11 is 1.46. The summed E-state index contributed by atoms with van der Waals surface area (Å²) in [7, 11) is 1.54. The number of hydrogen-bond acceptors (Lipinski definition) is 7. The van der Waals surface area contributed by atoms with Crippen LogP contribution < -0.4 is 15.4 Å². The normalized spacial score (nSPS) is 11.4. The zero-order valence-electron chi connectivity index (χ0n) is 21.0. The van der Waals surface area contributed by atoms with Crippen LogP contribution >= 0.6 is 11.8 Å². The minimum absolute atomic E-state index is 0.00550. The van der Waals surface area contributed by atoms with Crippen molar-refractivity contribution in [2.75, 3.05) is 12.4 Å². The van der Waals surface area contributed by atoms with Gasteiger partial charge < -0.3 is 19.9 Å². The fraction of sp³-hybridized carbons (Fsp3) is 0.269. The third-order valence-electron chi connectivity index (χ3n) is 5.38. The summed E-state index contributed by atoms with van der Waals surface area (Å²) in [5, 5.41) is 17.8. The maximum absolute atomic E-state index is 12.4. The molecular formula is C26H28N6O4S. The molecule has 2 amide bonds. The molecule has 37 heavy (non-hydrogen) atoms. The van der Waals surface area contributed by atoms with Gasteiger partial charge in [-0.1, -0.05) is 11.8 Å². The molecule has 0 fully saturated rings. The number of nitrogens with one attached hydrogen (secondary N) is 2. The van der Waals surface area contributed by atoms with Crippen molar-refractivity contribution in [1.29, 1.82) is 0 Å². The molecule has 0 spiro atoms. The minimum Gasteiger partial charge on any atom is -0.496 e. The lowest BCUT2D eigenvalue weighted by Gasteiger charge is -2.20. The number of imidazole rings is 1. The van der Waals surface area contributed by atoms with Crippen LogP contribution in [0.3, 0.4) is 0 Å². The van der Waals surface area contributed by atoms with Gasteiger partial charge in [0.25, 0.3) is 5.69 Å². The summed E-state index contributed by atoms with van der Waals surface area (Å²) in [6.45, 7) is 6.30. The molecule has 0 aliphatic rings. The first-order valence-electron chi connectivity index (χ1n) is 11.6. The van der Waals surface area contributed by atoms with E-state index >= 15 is 0 Å². The van der Waals surface area contributed by atoms with Gasteiger partial charge in [-0.15, -0.1) is 0 Å². The quantitative estimate of drug-likeness (QED) is 0.176. The summed E-state index contributed by atoms with van der Waals surface area (Å²) < 4.78 is 7.51. The third-order valence-corrected chi connectivity index (χ3v) is 6.41. The molecule has 4 aromatic rings. The first-order chi connectivity index (χ1) is 17.6. The first-order valence-corrected chi connectivity index (χ1v) is 12.5. The molecule has 2 aromatic heterocycles. The van der Waals surface area contributed by atoms with Gasteiger partial charge in [0, 0.05) is 47.1 Å². The second-order valence-electron chi connectivity index (χ2n) is 9.41. The molecule has 0 aliphatic carbocycles. The number of anilines is 1. The van der Waals surface area contributed by atoms with Gasteiger partial charge >= 0.3 is 6.03 Å².